The summed E-state index contributed by atoms with van der Waals surface area (Å²) < 4.78 is 6.10. The van der Waals surface area contributed by atoms with E-state index in [-0.39, 0.29) is 17.3 Å². The predicted molar refractivity (Wildman–Crippen MR) is 128 cm³/mol. The van der Waals surface area contributed by atoms with Gasteiger partial charge in [0.25, 0.3) is 5.91 Å². The summed E-state index contributed by atoms with van der Waals surface area (Å²) in [5, 5.41) is 20.0. The van der Waals surface area contributed by atoms with Gasteiger partial charge < -0.3 is 5.73 Å². The fourth-order valence-electron chi connectivity index (χ4n) is 3.79. The summed E-state index contributed by atoms with van der Waals surface area (Å²) in [5.74, 6) is 0.164. The van der Waals surface area contributed by atoms with Gasteiger partial charge in [0, 0.05) is 16.2 Å². The first-order valence-corrected chi connectivity index (χ1v) is 11.8. The van der Waals surface area contributed by atoms with E-state index >= 15 is 0 Å². The quantitative estimate of drug-likeness (QED) is 0.321. The number of nitrogens with two attached hydrogens (primary N) is 1. The number of anilines is 1. The Morgan fingerprint density at radius 2 is 2.00 bits per heavy atom. The van der Waals surface area contributed by atoms with Crippen LogP contribution in [0.1, 0.15) is 45.7 Å². The average Bonchev–Trinajstić information content (AvgIpc) is 3.47. The average molecular weight is 475 g/mol. The number of hydrogen-bond donors (Lipinski definition) is 2. The van der Waals surface area contributed by atoms with Gasteiger partial charge in [-0.25, -0.2) is 10.1 Å². The Kier molecular flexibility index (Phi) is 6.09. The van der Waals surface area contributed by atoms with Gasteiger partial charge in [-0.1, -0.05) is 47.2 Å². The maximum Gasteiger partial charge on any atom is 0.293 e. The number of hydrogen-bond acceptors (Lipinski definition) is 9. The maximum atomic E-state index is 13.1. The van der Waals surface area contributed by atoms with Crippen LogP contribution in [0.5, 0.6) is 0 Å². The molecular formula is C23H22N8O2S. The zero-order chi connectivity index (χ0) is 23.5. The molecule has 172 valence electrons. The number of hydrazone groups is 1. The van der Waals surface area contributed by atoms with Gasteiger partial charge in [-0.2, -0.15) is 9.78 Å². The molecule has 2 aromatic heterocycles. The van der Waals surface area contributed by atoms with Crippen LogP contribution in [0.25, 0.3) is 5.82 Å². The minimum Gasteiger partial charge on any atom is -0.378 e. The van der Waals surface area contributed by atoms with E-state index in [0.29, 0.717) is 11.4 Å². The molecular weight excluding hydrogens is 452 g/mol. The van der Waals surface area contributed by atoms with Crippen LogP contribution in [-0.2, 0) is 12.2 Å². The normalized spacial score (nSPS) is 14.2. The number of rotatable bonds is 6. The highest BCUT2D eigenvalue weighted by atomic mass is 32.2. The Balaban J connectivity index is 1.42. The molecule has 5 rings (SSSR count). The van der Waals surface area contributed by atoms with Crippen LogP contribution in [0.3, 0.4) is 0 Å². The molecule has 10 nitrogen and oxygen atoms in total. The highest BCUT2D eigenvalue weighted by Gasteiger charge is 2.24. The summed E-state index contributed by atoms with van der Waals surface area (Å²) >= 11 is 1.54. The Bertz CT molecular complexity index is 1360. The number of carbonyl (C=O) groups excluding carboxylic acids is 1. The molecule has 11 heteroatoms. The third-order valence-corrected chi connectivity index (χ3v) is 6.57. The van der Waals surface area contributed by atoms with E-state index < -0.39 is 5.91 Å². The van der Waals surface area contributed by atoms with Crippen molar-refractivity contribution in [3.8, 4) is 5.82 Å². The van der Waals surface area contributed by atoms with E-state index in [1.807, 2.05) is 49.4 Å². The molecule has 1 aliphatic rings. The lowest BCUT2D eigenvalue weighted by atomic mass is 9.90. The number of carbonyl (C=O) groups is 1. The summed E-state index contributed by atoms with van der Waals surface area (Å²) in [5.41, 5.74) is 13.5. The van der Waals surface area contributed by atoms with Gasteiger partial charge in [-0.3, -0.25) is 4.79 Å². The monoisotopic (exact) mass is 474 g/mol. The van der Waals surface area contributed by atoms with Crippen LogP contribution in [0.15, 0.2) is 63.2 Å². The minimum atomic E-state index is -0.462. The van der Waals surface area contributed by atoms with Crippen LogP contribution in [0.2, 0.25) is 0 Å². The van der Waals surface area contributed by atoms with Crippen molar-refractivity contribution in [2.75, 3.05) is 5.73 Å². The van der Waals surface area contributed by atoms with Crippen molar-refractivity contribution in [1.29, 1.82) is 0 Å². The highest BCUT2D eigenvalue weighted by molar-refractivity contribution is 7.98. The molecule has 0 aliphatic heterocycles. The first-order valence-electron chi connectivity index (χ1n) is 10.8. The smallest absolute Gasteiger partial charge is 0.293 e. The van der Waals surface area contributed by atoms with Gasteiger partial charge >= 0.3 is 0 Å². The Labute approximate surface area is 199 Å². The van der Waals surface area contributed by atoms with Crippen molar-refractivity contribution in [3.63, 3.8) is 0 Å². The largest absolute Gasteiger partial charge is 0.378 e. The first-order chi connectivity index (χ1) is 16.6. The highest BCUT2D eigenvalue weighted by Crippen LogP contribution is 2.26. The van der Waals surface area contributed by atoms with Crippen molar-refractivity contribution >= 4 is 29.2 Å². The summed E-state index contributed by atoms with van der Waals surface area (Å²) in [6.07, 6.45) is 2.78. The second-order valence-electron chi connectivity index (χ2n) is 7.88. The second kappa shape index (κ2) is 9.48. The van der Waals surface area contributed by atoms with Gasteiger partial charge in [0.2, 0.25) is 11.6 Å². The number of nitrogens with one attached hydrogen (secondary N) is 1. The lowest BCUT2D eigenvalue weighted by Gasteiger charge is -2.17. The molecule has 2 aromatic carbocycles. The van der Waals surface area contributed by atoms with Crippen molar-refractivity contribution in [2.45, 2.75) is 36.8 Å². The zero-order valence-corrected chi connectivity index (χ0v) is 19.2. The summed E-state index contributed by atoms with van der Waals surface area (Å²) in [6, 6.07) is 16.2. The summed E-state index contributed by atoms with van der Waals surface area (Å²) in [6.45, 7) is 2.03. The number of fused-ring (bicyclic) bond motifs is 1. The van der Waals surface area contributed by atoms with Crippen LogP contribution < -0.4 is 11.2 Å². The van der Waals surface area contributed by atoms with Crippen LogP contribution >= 0.6 is 11.8 Å². The van der Waals surface area contributed by atoms with E-state index in [2.05, 4.69) is 37.2 Å². The fraction of sp³-hybridized carbons (Fsp3) is 0.217. The molecule has 0 spiro atoms. The molecule has 0 radical (unpaired) electrons. The number of benzene rings is 2. The van der Waals surface area contributed by atoms with Crippen LogP contribution in [-0.4, -0.2) is 36.9 Å². The van der Waals surface area contributed by atoms with E-state index in [0.717, 1.165) is 35.4 Å². The lowest BCUT2D eigenvalue weighted by molar-refractivity contribution is 0.0949. The number of nitrogens with zero attached hydrogens (tertiary/aromatic N) is 6. The van der Waals surface area contributed by atoms with Gasteiger partial charge in [0.15, 0.2) is 5.69 Å². The third-order valence-electron chi connectivity index (χ3n) is 5.55. The minimum absolute atomic E-state index is 0.0532. The number of aryl methyl sites for hydroxylation is 2. The van der Waals surface area contributed by atoms with E-state index in [4.69, 9.17) is 10.4 Å². The SMILES string of the molecule is Cc1ccc(SCc2c(C(=O)N/N=C3\CCCc4ccccc43)nnn2-c2nonc2N)cc1. The number of thioether (sulfide) groups is 1. The lowest BCUT2D eigenvalue weighted by Crippen LogP contribution is -2.23. The van der Waals surface area contributed by atoms with Gasteiger partial charge in [-0.05, 0) is 54.2 Å². The number of amides is 1. The van der Waals surface area contributed by atoms with Gasteiger partial charge in [-0.15, -0.1) is 16.9 Å². The van der Waals surface area contributed by atoms with Gasteiger partial charge in [0.1, 0.15) is 0 Å². The molecule has 0 atom stereocenters. The molecule has 0 bridgehead atoms. The fourth-order valence-corrected chi connectivity index (χ4v) is 4.68. The van der Waals surface area contributed by atoms with E-state index in [1.54, 1.807) is 0 Å². The van der Waals surface area contributed by atoms with Crippen molar-refractivity contribution in [3.05, 3.63) is 76.6 Å². The molecule has 34 heavy (non-hydrogen) atoms. The van der Waals surface area contributed by atoms with Crippen LogP contribution in [0, 0.1) is 6.92 Å². The topological polar surface area (TPSA) is 137 Å². The molecule has 2 heterocycles. The third kappa shape index (κ3) is 4.42. The predicted octanol–water partition coefficient (Wildman–Crippen LogP) is 3.30. The van der Waals surface area contributed by atoms with E-state index in [9.17, 15) is 4.79 Å². The molecule has 1 aliphatic carbocycles. The molecule has 0 fully saturated rings. The molecule has 1 amide bonds. The Hall–Kier alpha value is -3.99. The molecule has 0 unspecified atom stereocenters. The van der Waals surface area contributed by atoms with Crippen molar-refractivity contribution in [1.82, 2.24) is 30.7 Å². The molecule has 0 saturated carbocycles. The Morgan fingerprint density at radius 1 is 1.18 bits per heavy atom. The maximum absolute atomic E-state index is 13.1. The van der Waals surface area contributed by atoms with Crippen molar-refractivity contribution < 1.29 is 9.42 Å². The zero-order valence-electron chi connectivity index (χ0n) is 18.4. The second-order valence-corrected chi connectivity index (χ2v) is 8.93. The summed E-state index contributed by atoms with van der Waals surface area (Å²) in [4.78, 5) is 14.1. The first kappa shape index (κ1) is 21.8. The standard InChI is InChI=1S/C23H22N8O2S/c1-14-9-11-16(12-10-14)34-13-19-20(26-30-31(19)22-21(24)28-33-29-22)23(32)27-25-18-8-4-6-15-5-2-3-7-17(15)18/h2-3,5,7,9-12H,4,6,8,13H2,1H3,(H2,24,28)(H,27,32)/b25-18+. The Morgan fingerprint density at radius 3 is 2.79 bits per heavy atom. The number of nitrogen functional groups attached to an aromatic ring is 1. The van der Waals surface area contributed by atoms with Gasteiger partial charge in [0.05, 0.1) is 11.4 Å². The van der Waals surface area contributed by atoms with E-state index in [1.165, 1.54) is 27.6 Å². The molecule has 0 saturated heterocycles. The van der Waals surface area contributed by atoms with Crippen LogP contribution in [0.4, 0.5) is 5.82 Å². The molecule has 4 aromatic rings. The van der Waals surface area contributed by atoms with Crippen molar-refractivity contribution in [2.24, 2.45) is 5.10 Å². The number of aromatic nitrogens is 5. The molecule has 3 N–H and O–H groups in total. The summed E-state index contributed by atoms with van der Waals surface area (Å²) in [7, 11) is 0.